The zero-order chi connectivity index (χ0) is 28.4. The van der Waals surface area contributed by atoms with Crippen LogP contribution in [0.25, 0.3) is 11.1 Å². The molecule has 214 valence electrons. The van der Waals surface area contributed by atoms with Gasteiger partial charge in [0, 0.05) is 37.2 Å². The van der Waals surface area contributed by atoms with Crippen LogP contribution in [-0.2, 0) is 16.6 Å². The molecular weight excluding hydrogens is 532 g/mol. The molecule has 0 spiro atoms. The van der Waals surface area contributed by atoms with Crippen molar-refractivity contribution in [3.8, 4) is 34.1 Å². The van der Waals surface area contributed by atoms with Gasteiger partial charge in [0.05, 0.1) is 13.7 Å². The molecule has 3 aromatic carbocycles. The van der Waals surface area contributed by atoms with Crippen molar-refractivity contribution in [3.05, 3.63) is 66.2 Å². The molecule has 2 aliphatic heterocycles. The molecule has 0 unspecified atom stereocenters. The Labute approximate surface area is 235 Å². The summed E-state index contributed by atoms with van der Waals surface area (Å²) in [5.41, 5.74) is 2.69. The molecule has 0 aromatic heterocycles. The molecular formula is C30H36N2O7S. The van der Waals surface area contributed by atoms with Crippen LogP contribution in [0, 0.1) is 5.92 Å². The number of hydrogen-bond acceptors (Lipinski definition) is 8. The number of benzene rings is 3. The van der Waals surface area contributed by atoms with Crippen LogP contribution in [0.3, 0.4) is 0 Å². The molecule has 2 aliphatic rings. The normalized spacial score (nSPS) is 20.8. The molecule has 3 aromatic rings. The molecule has 2 heterocycles. The highest BCUT2D eigenvalue weighted by Gasteiger charge is 2.38. The van der Waals surface area contributed by atoms with Crippen molar-refractivity contribution in [1.82, 2.24) is 9.21 Å². The maximum absolute atomic E-state index is 13.8. The molecule has 1 N–H and O–H groups in total. The lowest BCUT2D eigenvalue weighted by Gasteiger charge is -2.37. The topological polar surface area (TPSA) is 97.8 Å². The summed E-state index contributed by atoms with van der Waals surface area (Å²) < 4.78 is 52.1. The Morgan fingerprint density at radius 3 is 2.62 bits per heavy atom. The van der Waals surface area contributed by atoms with E-state index in [-0.39, 0.29) is 42.6 Å². The van der Waals surface area contributed by atoms with Crippen molar-refractivity contribution in [2.24, 2.45) is 5.92 Å². The van der Waals surface area contributed by atoms with Gasteiger partial charge in [-0.05, 0) is 55.4 Å². The van der Waals surface area contributed by atoms with Crippen LogP contribution in [0.1, 0.15) is 19.4 Å². The maximum atomic E-state index is 13.8. The standard InChI is InChI=1S/C30H36N2O7S/c1-20-15-32(21(2)18-33)40(34,35)30-12-10-23(24-7-5-6-8-25(24)36-4)14-28(30)39-29(20)17-31(3)16-22-9-11-26-27(13-22)38-19-37-26/h5-14,20-21,29,33H,15-19H2,1-4H3/t20-,21+,29-/m0/s1. The summed E-state index contributed by atoms with van der Waals surface area (Å²) >= 11 is 0. The van der Waals surface area contributed by atoms with Crippen molar-refractivity contribution in [2.75, 3.05) is 40.6 Å². The number of hydrogen-bond donors (Lipinski definition) is 1. The van der Waals surface area contributed by atoms with E-state index >= 15 is 0 Å². The van der Waals surface area contributed by atoms with Crippen LogP contribution in [0.15, 0.2) is 65.6 Å². The monoisotopic (exact) mass is 568 g/mol. The summed E-state index contributed by atoms with van der Waals surface area (Å²) in [6.07, 6.45) is -0.324. The summed E-state index contributed by atoms with van der Waals surface area (Å²) in [6, 6.07) is 18.0. The third-order valence-electron chi connectivity index (χ3n) is 7.47. The zero-order valence-corrected chi connectivity index (χ0v) is 24.1. The Bertz CT molecular complexity index is 1460. The van der Waals surface area contributed by atoms with Gasteiger partial charge in [-0.15, -0.1) is 0 Å². The Balaban J connectivity index is 1.49. The minimum atomic E-state index is -3.93. The van der Waals surface area contributed by atoms with E-state index < -0.39 is 16.1 Å². The Morgan fingerprint density at radius 2 is 1.85 bits per heavy atom. The number of aliphatic hydroxyl groups is 1. The van der Waals surface area contributed by atoms with Crippen LogP contribution in [-0.4, -0.2) is 75.5 Å². The number of sulfonamides is 1. The van der Waals surface area contributed by atoms with Gasteiger partial charge in [-0.25, -0.2) is 8.42 Å². The van der Waals surface area contributed by atoms with Crippen LogP contribution in [0.5, 0.6) is 23.0 Å². The first kappa shape index (κ1) is 28.2. The lowest BCUT2D eigenvalue weighted by atomic mass is 10.0. The van der Waals surface area contributed by atoms with Crippen LogP contribution >= 0.6 is 0 Å². The molecule has 0 radical (unpaired) electrons. The summed E-state index contributed by atoms with van der Waals surface area (Å²) in [7, 11) is -0.313. The van der Waals surface area contributed by atoms with Crippen LogP contribution in [0.4, 0.5) is 0 Å². The van der Waals surface area contributed by atoms with E-state index in [4.69, 9.17) is 18.9 Å². The van der Waals surface area contributed by atoms with E-state index in [1.807, 2.05) is 56.4 Å². The second-order valence-corrected chi connectivity index (χ2v) is 12.3. The lowest BCUT2D eigenvalue weighted by Crippen LogP contribution is -2.49. The minimum Gasteiger partial charge on any atom is -0.496 e. The van der Waals surface area contributed by atoms with Crippen molar-refractivity contribution >= 4 is 10.0 Å². The number of likely N-dealkylation sites (N-methyl/N-ethyl adjacent to an activating group) is 1. The van der Waals surface area contributed by atoms with Crippen molar-refractivity contribution in [1.29, 1.82) is 0 Å². The van der Waals surface area contributed by atoms with Gasteiger partial charge < -0.3 is 24.1 Å². The Hall–Kier alpha value is -3.31. The second-order valence-electron chi connectivity index (χ2n) is 10.5. The number of fused-ring (bicyclic) bond motifs is 2. The molecule has 0 saturated carbocycles. The average Bonchev–Trinajstić information content (AvgIpc) is 3.42. The zero-order valence-electron chi connectivity index (χ0n) is 23.2. The van der Waals surface area contributed by atoms with E-state index in [1.54, 1.807) is 32.2 Å². The predicted octanol–water partition coefficient (Wildman–Crippen LogP) is 3.99. The largest absolute Gasteiger partial charge is 0.496 e. The van der Waals surface area contributed by atoms with Gasteiger partial charge in [-0.3, -0.25) is 4.90 Å². The molecule has 10 heteroatoms. The highest BCUT2D eigenvalue weighted by atomic mass is 32.2. The van der Waals surface area contributed by atoms with Gasteiger partial charge in [-0.2, -0.15) is 4.31 Å². The molecule has 0 bridgehead atoms. The molecule has 5 rings (SSSR count). The number of nitrogens with zero attached hydrogens (tertiary/aromatic N) is 2. The van der Waals surface area contributed by atoms with E-state index in [0.717, 1.165) is 28.2 Å². The van der Waals surface area contributed by atoms with Gasteiger partial charge in [0.1, 0.15) is 22.5 Å². The van der Waals surface area contributed by atoms with Gasteiger partial charge in [0.25, 0.3) is 0 Å². The second kappa shape index (κ2) is 11.7. The van der Waals surface area contributed by atoms with Crippen LogP contribution in [0.2, 0.25) is 0 Å². The number of methoxy groups -OCH3 is 1. The predicted molar refractivity (Wildman–Crippen MR) is 151 cm³/mol. The van der Waals surface area contributed by atoms with Crippen molar-refractivity contribution in [2.45, 2.75) is 37.4 Å². The smallest absolute Gasteiger partial charge is 0.247 e. The molecule has 40 heavy (non-hydrogen) atoms. The van der Waals surface area contributed by atoms with E-state index in [9.17, 15) is 13.5 Å². The summed E-state index contributed by atoms with van der Waals surface area (Å²) in [4.78, 5) is 2.24. The Morgan fingerprint density at radius 1 is 1.07 bits per heavy atom. The first-order valence-corrected chi connectivity index (χ1v) is 14.8. The van der Waals surface area contributed by atoms with E-state index in [1.165, 1.54) is 4.31 Å². The van der Waals surface area contributed by atoms with Crippen molar-refractivity contribution < 1.29 is 32.5 Å². The fourth-order valence-corrected chi connectivity index (χ4v) is 7.04. The quantitative estimate of drug-likeness (QED) is 0.436. The molecule has 0 fully saturated rings. The summed E-state index contributed by atoms with van der Waals surface area (Å²) in [6.45, 7) is 5.07. The van der Waals surface area contributed by atoms with E-state index in [0.29, 0.717) is 18.8 Å². The highest BCUT2D eigenvalue weighted by Crippen LogP contribution is 2.39. The summed E-state index contributed by atoms with van der Waals surface area (Å²) in [5.74, 6) is 2.28. The SMILES string of the molecule is COc1ccccc1-c1ccc2c(c1)O[C@@H](CN(C)Cc1ccc3c(c1)OCO3)[C@@H](C)CN([C@H](C)CO)S2(=O)=O. The minimum absolute atomic E-state index is 0.0850. The third-order valence-corrected chi connectivity index (χ3v) is 9.49. The first-order chi connectivity index (χ1) is 19.2. The number of para-hydroxylation sites is 1. The maximum Gasteiger partial charge on any atom is 0.247 e. The third kappa shape index (κ3) is 5.62. The molecule has 3 atom stereocenters. The van der Waals surface area contributed by atoms with Gasteiger partial charge in [0.2, 0.25) is 16.8 Å². The molecule has 9 nitrogen and oxygen atoms in total. The van der Waals surface area contributed by atoms with Gasteiger partial charge in [0.15, 0.2) is 11.5 Å². The molecule has 0 amide bonds. The van der Waals surface area contributed by atoms with E-state index in [2.05, 4.69) is 4.90 Å². The molecule has 0 aliphatic carbocycles. The summed E-state index contributed by atoms with van der Waals surface area (Å²) in [5, 5.41) is 9.93. The van der Waals surface area contributed by atoms with Crippen LogP contribution < -0.4 is 18.9 Å². The van der Waals surface area contributed by atoms with Gasteiger partial charge in [-0.1, -0.05) is 37.3 Å². The lowest BCUT2D eigenvalue weighted by molar-refractivity contribution is 0.0734. The van der Waals surface area contributed by atoms with Gasteiger partial charge >= 0.3 is 0 Å². The van der Waals surface area contributed by atoms with Crippen molar-refractivity contribution in [3.63, 3.8) is 0 Å². The fourth-order valence-electron chi connectivity index (χ4n) is 5.22. The average molecular weight is 569 g/mol. The number of aliphatic hydroxyl groups excluding tert-OH is 1. The Kier molecular flexibility index (Phi) is 8.23. The first-order valence-electron chi connectivity index (χ1n) is 13.3. The number of ether oxygens (including phenoxy) is 4. The highest BCUT2D eigenvalue weighted by molar-refractivity contribution is 7.89. The fraction of sp³-hybridized carbons (Fsp3) is 0.400. The molecule has 0 saturated heterocycles. The number of rotatable bonds is 8.